The van der Waals surface area contributed by atoms with Crippen molar-refractivity contribution < 1.29 is 22.0 Å². The van der Waals surface area contributed by atoms with Gasteiger partial charge in [-0.05, 0) is 12.1 Å². The van der Waals surface area contributed by atoms with Gasteiger partial charge in [-0.15, -0.1) is 0 Å². The second-order valence-electron chi connectivity index (χ2n) is 3.00. The molecular formula is C8H9F2N3O3S. The molecule has 0 atom stereocenters. The molecular weight excluding hydrogens is 256 g/mol. The summed E-state index contributed by atoms with van der Waals surface area (Å²) in [7, 11) is -3.34. The summed E-state index contributed by atoms with van der Waals surface area (Å²) in [5.74, 6) is -3.02. The summed E-state index contributed by atoms with van der Waals surface area (Å²) < 4.78 is 50.7. The van der Waals surface area contributed by atoms with Gasteiger partial charge in [0, 0.05) is 12.7 Å². The van der Waals surface area contributed by atoms with Crippen LogP contribution in [0.2, 0.25) is 0 Å². The normalized spacial score (nSPS) is 11.0. The Morgan fingerprint density at radius 3 is 2.47 bits per heavy atom. The monoisotopic (exact) mass is 265 g/mol. The summed E-state index contributed by atoms with van der Waals surface area (Å²) in [5.41, 5.74) is 4.91. The van der Waals surface area contributed by atoms with Crippen molar-refractivity contribution in [3.63, 3.8) is 0 Å². The number of urea groups is 1. The van der Waals surface area contributed by atoms with Crippen LogP contribution < -0.4 is 15.8 Å². The molecule has 1 aromatic carbocycles. The van der Waals surface area contributed by atoms with Crippen LogP contribution >= 0.6 is 0 Å². The highest BCUT2D eigenvalue weighted by Gasteiger charge is 2.24. The number of benzene rings is 1. The van der Waals surface area contributed by atoms with Gasteiger partial charge in [-0.25, -0.2) is 26.7 Å². The Balaban J connectivity index is 3.29. The zero-order valence-corrected chi connectivity index (χ0v) is 9.44. The molecule has 1 aromatic rings. The second-order valence-corrected chi connectivity index (χ2v) is 4.65. The molecule has 0 fully saturated rings. The van der Waals surface area contributed by atoms with E-state index in [1.165, 1.54) is 11.8 Å². The highest BCUT2D eigenvalue weighted by Crippen LogP contribution is 2.20. The Labute approximate surface area is 95.9 Å². The van der Waals surface area contributed by atoms with Gasteiger partial charge in [0.2, 0.25) is 0 Å². The fourth-order valence-corrected chi connectivity index (χ4v) is 2.09. The third kappa shape index (κ3) is 2.81. The molecule has 0 heterocycles. The van der Waals surface area contributed by atoms with Gasteiger partial charge >= 0.3 is 6.03 Å². The molecule has 94 valence electrons. The van der Waals surface area contributed by atoms with E-state index in [2.05, 4.69) is 0 Å². The first-order valence-corrected chi connectivity index (χ1v) is 5.75. The predicted molar refractivity (Wildman–Crippen MR) is 55.5 cm³/mol. The summed E-state index contributed by atoms with van der Waals surface area (Å²) in [4.78, 5) is 9.80. The van der Waals surface area contributed by atoms with Gasteiger partial charge in [0.25, 0.3) is 10.0 Å². The summed E-state index contributed by atoms with van der Waals surface area (Å²) in [5, 5.41) is 1.96. The quantitative estimate of drug-likeness (QED) is 0.663. The highest BCUT2D eigenvalue weighted by atomic mass is 32.2. The minimum absolute atomic E-state index is 0.277. The molecule has 1 rings (SSSR count). The van der Waals surface area contributed by atoms with E-state index in [-0.39, 0.29) is 5.69 Å². The summed E-state index contributed by atoms with van der Waals surface area (Å²) >= 11 is 0. The zero-order chi connectivity index (χ0) is 13.2. The Hall–Kier alpha value is -1.90. The van der Waals surface area contributed by atoms with E-state index >= 15 is 0 Å². The maximum Gasteiger partial charge on any atom is 0.328 e. The number of halogens is 2. The Kier molecular flexibility index (Phi) is 3.51. The number of nitrogen functional groups attached to an aromatic ring is 1. The van der Waals surface area contributed by atoms with Gasteiger partial charge in [0.15, 0.2) is 11.6 Å². The van der Waals surface area contributed by atoms with Crippen molar-refractivity contribution in [3.8, 4) is 0 Å². The van der Waals surface area contributed by atoms with Gasteiger partial charge in [0.1, 0.15) is 4.90 Å². The first-order chi connectivity index (χ1) is 7.77. The van der Waals surface area contributed by atoms with Crippen molar-refractivity contribution in [2.75, 3.05) is 12.8 Å². The molecule has 0 aliphatic heterocycles. The number of rotatable bonds is 2. The van der Waals surface area contributed by atoms with Crippen molar-refractivity contribution >= 4 is 21.7 Å². The molecule has 2 amide bonds. The lowest BCUT2D eigenvalue weighted by Gasteiger charge is -2.08. The van der Waals surface area contributed by atoms with Gasteiger partial charge < -0.3 is 11.1 Å². The van der Waals surface area contributed by atoms with E-state index in [1.807, 2.05) is 5.32 Å². The van der Waals surface area contributed by atoms with Gasteiger partial charge in [-0.1, -0.05) is 0 Å². The Morgan fingerprint density at radius 1 is 1.35 bits per heavy atom. The Bertz CT molecular complexity index is 559. The smallest absolute Gasteiger partial charge is 0.328 e. The molecule has 0 aromatic heterocycles. The minimum atomic E-state index is -4.50. The van der Waals surface area contributed by atoms with Crippen molar-refractivity contribution in [1.82, 2.24) is 10.0 Å². The fraction of sp³-hybridized carbons (Fsp3) is 0.125. The lowest BCUT2D eigenvalue weighted by molar-refractivity contribution is 0.247. The van der Waals surface area contributed by atoms with E-state index in [0.717, 1.165) is 0 Å². The largest absolute Gasteiger partial charge is 0.399 e. The lowest BCUT2D eigenvalue weighted by atomic mass is 10.3. The lowest BCUT2D eigenvalue weighted by Crippen LogP contribution is -2.37. The average Bonchev–Trinajstić information content (AvgIpc) is 2.22. The van der Waals surface area contributed by atoms with Crippen LogP contribution in [0.4, 0.5) is 19.3 Å². The third-order valence-electron chi connectivity index (χ3n) is 1.76. The number of nitrogens with one attached hydrogen (secondary N) is 2. The van der Waals surface area contributed by atoms with Gasteiger partial charge in [-0.3, -0.25) is 0 Å². The number of nitrogens with two attached hydrogens (primary N) is 1. The SMILES string of the molecule is CNC(=O)NS(=O)(=O)c1cc(N)cc(F)c1F. The van der Waals surface area contributed by atoms with Crippen molar-refractivity contribution in [1.29, 1.82) is 0 Å². The van der Waals surface area contributed by atoms with Crippen molar-refractivity contribution in [3.05, 3.63) is 23.8 Å². The molecule has 0 aliphatic rings. The molecule has 4 N–H and O–H groups in total. The number of carbonyl (C=O) groups excluding carboxylic acids is 1. The van der Waals surface area contributed by atoms with Crippen molar-refractivity contribution in [2.45, 2.75) is 4.90 Å². The third-order valence-corrected chi connectivity index (χ3v) is 3.09. The summed E-state index contributed by atoms with van der Waals surface area (Å²) in [6.45, 7) is 0. The maximum atomic E-state index is 13.3. The van der Waals surface area contributed by atoms with E-state index < -0.39 is 32.6 Å². The molecule has 0 saturated heterocycles. The maximum absolute atomic E-state index is 13.3. The predicted octanol–water partition coefficient (Wildman–Crippen LogP) is 0.165. The molecule has 0 radical (unpaired) electrons. The van der Waals surface area contributed by atoms with Crippen molar-refractivity contribution in [2.24, 2.45) is 0 Å². The number of sulfonamides is 1. The fourth-order valence-electron chi connectivity index (χ4n) is 1.01. The number of hydrogen-bond acceptors (Lipinski definition) is 4. The Morgan fingerprint density at radius 2 is 1.94 bits per heavy atom. The molecule has 0 aliphatic carbocycles. The first-order valence-electron chi connectivity index (χ1n) is 4.27. The summed E-state index contributed by atoms with van der Waals surface area (Å²) in [6.07, 6.45) is 0. The summed E-state index contributed by atoms with van der Waals surface area (Å²) in [6, 6.07) is 0.269. The van der Waals surface area contributed by atoms with Crippen LogP contribution in [0.25, 0.3) is 0 Å². The van der Waals surface area contributed by atoms with Crippen LogP contribution in [-0.4, -0.2) is 21.5 Å². The van der Waals surface area contributed by atoms with Crippen LogP contribution in [0.5, 0.6) is 0 Å². The number of amides is 2. The minimum Gasteiger partial charge on any atom is -0.399 e. The molecule has 0 bridgehead atoms. The van der Waals surface area contributed by atoms with E-state index in [1.54, 1.807) is 0 Å². The molecule has 0 spiro atoms. The number of carbonyl (C=O) groups is 1. The average molecular weight is 265 g/mol. The van der Waals surface area contributed by atoms with Gasteiger partial charge in [-0.2, -0.15) is 0 Å². The first kappa shape index (κ1) is 13.2. The molecule has 0 unspecified atom stereocenters. The topological polar surface area (TPSA) is 101 Å². The van der Waals surface area contributed by atoms with Crippen LogP contribution in [0, 0.1) is 11.6 Å². The molecule has 17 heavy (non-hydrogen) atoms. The second kappa shape index (κ2) is 4.53. The standard InChI is InChI=1S/C8H9F2N3O3S/c1-12-8(14)13-17(15,16)6-3-4(11)2-5(9)7(6)10/h2-3H,11H2,1H3,(H2,12,13,14). The number of hydrogen-bond donors (Lipinski definition) is 3. The van der Waals surface area contributed by atoms with Crippen LogP contribution in [-0.2, 0) is 10.0 Å². The van der Waals surface area contributed by atoms with E-state index in [0.29, 0.717) is 12.1 Å². The van der Waals surface area contributed by atoms with E-state index in [4.69, 9.17) is 5.73 Å². The van der Waals surface area contributed by atoms with Crippen LogP contribution in [0.15, 0.2) is 17.0 Å². The van der Waals surface area contributed by atoms with Gasteiger partial charge in [0.05, 0.1) is 0 Å². The number of anilines is 1. The molecule has 6 nitrogen and oxygen atoms in total. The molecule has 9 heteroatoms. The molecule has 0 saturated carbocycles. The zero-order valence-electron chi connectivity index (χ0n) is 8.62. The van der Waals surface area contributed by atoms with E-state index in [9.17, 15) is 22.0 Å². The highest BCUT2D eigenvalue weighted by molar-refractivity contribution is 7.90. The van der Waals surface area contributed by atoms with Crippen LogP contribution in [0.1, 0.15) is 0 Å². The van der Waals surface area contributed by atoms with Crippen LogP contribution in [0.3, 0.4) is 0 Å².